The molecular formula is C14H26N2O4S. The Bertz CT molecular complexity index is 525. The number of carbonyl (C=O) groups excluding carboxylic acids is 2. The van der Waals surface area contributed by atoms with Gasteiger partial charge in [0.15, 0.2) is 9.84 Å². The molecule has 0 saturated carbocycles. The number of nitrogens with one attached hydrogen (secondary N) is 1. The highest BCUT2D eigenvalue weighted by atomic mass is 32.2. The zero-order chi connectivity index (χ0) is 16.6. The molecule has 2 unspecified atom stereocenters. The van der Waals surface area contributed by atoms with Crippen LogP contribution in [0, 0.1) is 5.92 Å². The van der Waals surface area contributed by atoms with E-state index in [9.17, 15) is 18.0 Å². The average Bonchev–Trinajstić information content (AvgIpc) is 2.31. The Balaban J connectivity index is 3.18. The van der Waals surface area contributed by atoms with Crippen molar-refractivity contribution in [2.75, 3.05) is 12.8 Å². The Hall–Kier alpha value is -1.11. The lowest BCUT2D eigenvalue weighted by molar-refractivity contribution is -0.151. The molecule has 0 radical (unpaired) electrons. The number of carbonyl (C=O) groups is 2. The van der Waals surface area contributed by atoms with Crippen molar-refractivity contribution >= 4 is 21.7 Å². The lowest BCUT2D eigenvalue weighted by Crippen LogP contribution is -2.66. The third-order valence-corrected chi connectivity index (χ3v) is 6.23. The van der Waals surface area contributed by atoms with Crippen LogP contribution in [0.5, 0.6) is 0 Å². The molecule has 0 spiro atoms. The van der Waals surface area contributed by atoms with Crippen LogP contribution in [0.4, 0.5) is 0 Å². The first-order valence-electron chi connectivity index (χ1n) is 7.22. The molecule has 0 aliphatic carbocycles. The van der Waals surface area contributed by atoms with Crippen LogP contribution in [0.2, 0.25) is 0 Å². The van der Waals surface area contributed by atoms with Crippen LogP contribution >= 0.6 is 0 Å². The van der Waals surface area contributed by atoms with Crippen molar-refractivity contribution in [3.8, 4) is 0 Å². The topological polar surface area (TPSA) is 83.6 Å². The molecule has 1 aliphatic heterocycles. The molecule has 7 heteroatoms. The Morgan fingerprint density at radius 2 is 1.81 bits per heavy atom. The van der Waals surface area contributed by atoms with E-state index < -0.39 is 26.7 Å². The number of amides is 2. The maximum atomic E-state index is 12.5. The van der Waals surface area contributed by atoms with Gasteiger partial charge in [0.2, 0.25) is 11.8 Å². The summed E-state index contributed by atoms with van der Waals surface area (Å²) in [5, 5.41) is 2.72. The maximum Gasteiger partial charge on any atom is 0.245 e. The maximum absolute atomic E-state index is 12.5. The van der Waals surface area contributed by atoms with Crippen LogP contribution in [0.1, 0.15) is 41.0 Å². The van der Waals surface area contributed by atoms with Gasteiger partial charge >= 0.3 is 0 Å². The summed E-state index contributed by atoms with van der Waals surface area (Å²) in [6.45, 7) is 8.71. The Morgan fingerprint density at radius 3 is 2.19 bits per heavy atom. The second-order valence-corrected chi connectivity index (χ2v) is 9.31. The first-order chi connectivity index (χ1) is 9.42. The minimum absolute atomic E-state index is 0.0252. The monoisotopic (exact) mass is 318 g/mol. The van der Waals surface area contributed by atoms with Gasteiger partial charge in [0.1, 0.15) is 12.1 Å². The highest BCUT2D eigenvalue weighted by molar-refractivity contribution is 7.92. The van der Waals surface area contributed by atoms with E-state index >= 15 is 0 Å². The fourth-order valence-corrected chi connectivity index (χ4v) is 2.81. The van der Waals surface area contributed by atoms with Crippen LogP contribution in [0.3, 0.4) is 0 Å². The SMILES string of the molecule is CCC1NC(=O)C(C(C)C)N(CC(C)(C)S(C)(=O)=O)C1=O. The lowest BCUT2D eigenvalue weighted by Gasteiger charge is -2.43. The van der Waals surface area contributed by atoms with Crippen molar-refractivity contribution < 1.29 is 18.0 Å². The summed E-state index contributed by atoms with van der Waals surface area (Å²) in [5.74, 6) is -0.490. The van der Waals surface area contributed by atoms with E-state index in [1.807, 2.05) is 20.8 Å². The molecule has 0 aromatic carbocycles. The zero-order valence-electron chi connectivity index (χ0n) is 13.6. The molecule has 0 aromatic rings. The number of rotatable bonds is 5. The molecule has 2 amide bonds. The summed E-state index contributed by atoms with van der Waals surface area (Å²) in [4.78, 5) is 26.2. The number of nitrogens with zero attached hydrogens (tertiary/aromatic N) is 1. The molecule has 2 atom stereocenters. The van der Waals surface area contributed by atoms with Gasteiger partial charge in [-0.15, -0.1) is 0 Å². The highest BCUT2D eigenvalue weighted by Gasteiger charge is 2.45. The minimum atomic E-state index is -3.34. The van der Waals surface area contributed by atoms with E-state index in [2.05, 4.69) is 5.32 Å². The van der Waals surface area contributed by atoms with E-state index in [0.29, 0.717) is 6.42 Å². The fourth-order valence-electron chi connectivity index (χ4n) is 2.44. The zero-order valence-corrected chi connectivity index (χ0v) is 14.5. The van der Waals surface area contributed by atoms with E-state index in [-0.39, 0.29) is 24.3 Å². The molecule has 0 bridgehead atoms. The van der Waals surface area contributed by atoms with Crippen molar-refractivity contribution in [1.29, 1.82) is 0 Å². The summed E-state index contributed by atoms with van der Waals surface area (Å²) < 4.78 is 22.7. The standard InChI is InChI=1S/C14H26N2O4S/c1-7-10-13(18)16(8-14(4,5)21(6,19)20)11(9(2)3)12(17)15-10/h9-11H,7-8H2,1-6H3,(H,15,17). The van der Waals surface area contributed by atoms with Gasteiger partial charge in [0.05, 0.1) is 4.75 Å². The molecule has 1 N–H and O–H groups in total. The highest BCUT2D eigenvalue weighted by Crippen LogP contribution is 2.24. The Morgan fingerprint density at radius 1 is 1.29 bits per heavy atom. The van der Waals surface area contributed by atoms with E-state index in [0.717, 1.165) is 6.26 Å². The summed E-state index contributed by atoms with van der Waals surface area (Å²) >= 11 is 0. The van der Waals surface area contributed by atoms with Crippen LogP contribution in [0.25, 0.3) is 0 Å². The molecule has 1 fully saturated rings. The molecular weight excluding hydrogens is 292 g/mol. The third-order valence-electron chi connectivity index (χ3n) is 4.10. The predicted molar refractivity (Wildman–Crippen MR) is 81.5 cm³/mol. The summed E-state index contributed by atoms with van der Waals surface area (Å²) in [6.07, 6.45) is 1.65. The fraction of sp³-hybridized carbons (Fsp3) is 0.857. The average molecular weight is 318 g/mol. The number of sulfone groups is 1. The number of hydrogen-bond acceptors (Lipinski definition) is 4. The Kier molecular flexibility index (Phi) is 5.08. The lowest BCUT2D eigenvalue weighted by atomic mass is 9.95. The molecule has 0 aromatic heterocycles. The van der Waals surface area contributed by atoms with Crippen molar-refractivity contribution in [3.05, 3.63) is 0 Å². The molecule has 21 heavy (non-hydrogen) atoms. The van der Waals surface area contributed by atoms with Gasteiger partial charge in [-0.05, 0) is 26.2 Å². The Labute approximate surface area is 127 Å². The normalized spacial score (nSPS) is 24.4. The van der Waals surface area contributed by atoms with Gasteiger partial charge in [-0.25, -0.2) is 8.42 Å². The number of piperazine rings is 1. The smallest absolute Gasteiger partial charge is 0.245 e. The van der Waals surface area contributed by atoms with Gasteiger partial charge in [-0.2, -0.15) is 0 Å². The van der Waals surface area contributed by atoms with Gasteiger partial charge < -0.3 is 10.2 Å². The van der Waals surface area contributed by atoms with Crippen LogP contribution in [-0.2, 0) is 19.4 Å². The van der Waals surface area contributed by atoms with E-state index in [1.165, 1.54) is 4.90 Å². The van der Waals surface area contributed by atoms with Gasteiger partial charge in [-0.3, -0.25) is 9.59 Å². The van der Waals surface area contributed by atoms with Crippen LogP contribution < -0.4 is 5.32 Å². The molecule has 122 valence electrons. The van der Waals surface area contributed by atoms with Gasteiger partial charge in [0.25, 0.3) is 0 Å². The second-order valence-electron chi connectivity index (χ2n) is 6.66. The summed E-state index contributed by atoms with van der Waals surface area (Å²) in [6, 6.07) is -1.19. The largest absolute Gasteiger partial charge is 0.343 e. The molecule has 1 saturated heterocycles. The summed E-state index contributed by atoms with van der Waals surface area (Å²) in [5.41, 5.74) is 0. The van der Waals surface area contributed by atoms with Gasteiger partial charge in [-0.1, -0.05) is 20.8 Å². The van der Waals surface area contributed by atoms with Crippen molar-refractivity contribution in [1.82, 2.24) is 10.2 Å². The predicted octanol–water partition coefficient (Wildman–Crippen LogP) is 0.571. The van der Waals surface area contributed by atoms with Gasteiger partial charge in [0, 0.05) is 12.8 Å². The van der Waals surface area contributed by atoms with E-state index in [4.69, 9.17) is 0 Å². The summed E-state index contributed by atoms with van der Waals surface area (Å²) in [7, 11) is -3.34. The minimum Gasteiger partial charge on any atom is -0.343 e. The van der Waals surface area contributed by atoms with Crippen LogP contribution in [0.15, 0.2) is 0 Å². The number of hydrogen-bond donors (Lipinski definition) is 1. The molecule has 6 nitrogen and oxygen atoms in total. The third kappa shape index (κ3) is 3.56. The quantitative estimate of drug-likeness (QED) is 0.803. The van der Waals surface area contributed by atoms with Crippen molar-refractivity contribution in [2.24, 2.45) is 5.92 Å². The molecule has 1 heterocycles. The first kappa shape index (κ1) is 17.9. The molecule has 1 rings (SSSR count). The first-order valence-corrected chi connectivity index (χ1v) is 9.12. The second kappa shape index (κ2) is 5.94. The van der Waals surface area contributed by atoms with Crippen molar-refractivity contribution in [3.63, 3.8) is 0 Å². The van der Waals surface area contributed by atoms with Crippen molar-refractivity contribution in [2.45, 2.75) is 57.9 Å². The van der Waals surface area contributed by atoms with Crippen LogP contribution in [-0.4, -0.2) is 54.8 Å². The molecule has 1 aliphatic rings. The van der Waals surface area contributed by atoms with E-state index in [1.54, 1.807) is 13.8 Å².